The first kappa shape index (κ1) is 15.0. The zero-order chi connectivity index (χ0) is 14.5. The van der Waals surface area contributed by atoms with Gasteiger partial charge < -0.3 is 9.64 Å². The maximum atomic E-state index is 11.1. The van der Waals surface area contributed by atoms with Gasteiger partial charge in [-0.3, -0.25) is 10.1 Å². The molecule has 0 spiro atoms. The summed E-state index contributed by atoms with van der Waals surface area (Å²) in [5.41, 5.74) is -0.00876. The number of halogens is 1. The third kappa shape index (κ3) is 3.58. The van der Waals surface area contributed by atoms with Crippen LogP contribution < -0.4 is 4.90 Å². The highest BCUT2D eigenvalue weighted by Crippen LogP contribution is 2.30. The van der Waals surface area contributed by atoms with Gasteiger partial charge in [-0.2, -0.15) is 0 Å². The molecule has 1 aromatic rings. The molecule has 1 aromatic heterocycles. The van der Waals surface area contributed by atoms with E-state index in [1.807, 2.05) is 4.90 Å². The van der Waals surface area contributed by atoms with Crippen molar-refractivity contribution < 1.29 is 9.66 Å². The van der Waals surface area contributed by atoms with E-state index in [-0.39, 0.29) is 16.9 Å². The molecule has 2 heterocycles. The molecule has 2 rings (SSSR count). The van der Waals surface area contributed by atoms with Crippen molar-refractivity contribution in [1.82, 2.24) is 4.98 Å². The zero-order valence-electron chi connectivity index (χ0n) is 11.4. The quantitative estimate of drug-likeness (QED) is 0.475. The minimum atomic E-state index is -0.421. The molecule has 0 aromatic carbocycles. The van der Waals surface area contributed by atoms with E-state index >= 15 is 0 Å². The van der Waals surface area contributed by atoms with Crippen LogP contribution in [0.3, 0.4) is 0 Å². The van der Waals surface area contributed by atoms with Gasteiger partial charge in [0.1, 0.15) is 5.15 Å². The highest BCUT2D eigenvalue weighted by atomic mass is 35.5. The fourth-order valence-corrected chi connectivity index (χ4v) is 2.49. The zero-order valence-corrected chi connectivity index (χ0v) is 12.2. The van der Waals surface area contributed by atoms with E-state index in [4.69, 9.17) is 16.3 Å². The minimum Gasteiger partial charge on any atom is -0.376 e. The van der Waals surface area contributed by atoms with E-state index in [0.717, 1.165) is 25.8 Å². The molecule has 0 bridgehead atoms. The van der Waals surface area contributed by atoms with Crippen LogP contribution in [-0.2, 0) is 4.74 Å². The largest absolute Gasteiger partial charge is 0.376 e. The van der Waals surface area contributed by atoms with Crippen LogP contribution in [0.25, 0.3) is 0 Å². The molecule has 6 nitrogen and oxygen atoms in total. The van der Waals surface area contributed by atoms with Gasteiger partial charge >= 0.3 is 5.69 Å². The molecule has 1 fully saturated rings. The Bertz CT molecular complexity index is 484. The molecular formula is C13H18ClN3O3. The maximum Gasteiger partial charge on any atom is 0.311 e. The van der Waals surface area contributed by atoms with Crippen molar-refractivity contribution in [2.24, 2.45) is 0 Å². The molecule has 110 valence electrons. The number of anilines is 1. The third-order valence-electron chi connectivity index (χ3n) is 3.25. The van der Waals surface area contributed by atoms with Gasteiger partial charge in [-0.15, -0.1) is 0 Å². The van der Waals surface area contributed by atoms with E-state index in [1.165, 1.54) is 12.1 Å². The summed E-state index contributed by atoms with van der Waals surface area (Å²) >= 11 is 5.87. The monoisotopic (exact) mass is 299 g/mol. The highest BCUT2D eigenvalue weighted by molar-refractivity contribution is 6.29. The van der Waals surface area contributed by atoms with E-state index in [2.05, 4.69) is 11.9 Å². The number of piperidine rings is 1. The van der Waals surface area contributed by atoms with Gasteiger partial charge in [-0.05, 0) is 25.3 Å². The predicted octanol–water partition coefficient (Wildman–Crippen LogP) is 3.04. The first-order valence-electron chi connectivity index (χ1n) is 6.79. The molecular weight excluding hydrogens is 282 g/mol. The molecule has 0 saturated carbocycles. The number of hydrogen-bond donors (Lipinski definition) is 0. The van der Waals surface area contributed by atoms with Crippen molar-refractivity contribution in [3.05, 3.63) is 27.4 Å². The Morgan fingerprint density at radius 2 is 2.40 bits per heavy atom. The predicted molar refractivity (Wildman–Crippen MR) is 77.4 cm³/mol. The Hall–Kier alpha value is -1.40. The molecule has 1 atom stereocenters. The molecule has 1 aliphatic heterocycles. The van der Waals surface area contributed by atoms with Crippen LogP contribution in [0, 0.1) is 10.1 Å². The standard InChI is InChI=1S/C13H18ClN3O3/c1-2-8-20-10-4-3-7-16(9-10)13-11(17(18)19)5-6-12(14)15-13/h5-6,10H,2-4,7-9H2,1H3. The van der Waals surface area contributed by atoms with Crippen LogP contribution in [0.2, 0.25) is 5.15 Å². The fourth-order valence-electron chi connectivity index (χ4n) is 2.34. The lowest BCUT2D eigenvalue weighted by atomic mass is 10.1. The topological polar surface area (TPSA) is 68.5 Å². The second-order valence-corrected chi connectivity index (χ2v) is 5.20. The summed E-state index contributed by atoms with van der Waals surface area (Å²) in [4.78, 5) is 16.7. The van der Waals surface area contributed by atoms with Crippen LogP contribution in [0.5, 0.6) is 0 Å². The van der Waals surface area contributed by atoms with Crippen molar-refractivity contribution in [2.75, 3.05) is 24.6 Å². The summed E-state index contributed by atoms with van der Waals surface area (Å²) in [6, 6.07) is 2.85. The molecule has 1 aliphatic rings. The number of nitro groups is 1. The van der Waals surface area contributed by atoms with Gasteiger partial charge in [0, 0.05) is 25.8 Å². The first-order chi connectivity index (χ1) is 9.61. The number of nitrogens with zero attached hydrogens (tertiary/aromatic N) is 3. The molecule has 1 unspecified atom stereocenters. The fraction of sp³-hybridized carbons (Fsp3) is 0.615. The van der Waals surface area contributed by atoms with Crippen molar-refractivity contribution in [1.29, 1.82) is 0 Å². The summed E-state index contributed by atoms with van der Waals surface area (Å²) in [5, 5.41) is 11.4. The Kier molecular flexibility index (Phi) is 5.14. The van der Waals surface area contributed by atoms with E-state index < -0.39 is 4.92 Å². The van der Waals surface area contributed by atoms with E-state index in [0.29, 0.717) is 19.0 Å². The summed E-state index contributed by atoms with van der Waals surface area (Å²) < 4.78 is 5.74. The summed E-state index contributed by atoms with van der Waals surface area (Å²) in [5.74, 6) is 0.340. The lowest BCUT2D eigenvalue weighted by molar-refractivity contribution is -0.384. The summed E-state index contributed by atoms with van der Waals surface area (Å²) in [6.45, 7) is 4.13. The molecule has 7 heteroatoms. The average molecular weight is 300 g/mol. The Morgan fingerprint density at radius 1 is 1.60 bits per heavy atom. The molecule has 0 N–H and O–H groups in total. The van der Waals surface area contributed by atoms with Crippen LogP contribution in [0.1, 0.15) is 26.2 Å². The molecule has 0 aliphatic carbocycles. The average Bonchev–Trinajstić information content (AvgIpc) is 2.45. The Labute approximate surface area is 122 Å². The van der Waals surface area contributed by atoms with Gasteiger partial charge in [0.05, 0.1) is 11.0 Å². The van der Waals surface area contributed by atoms with Crippen molar-refractivity contribution in [3.8, 4) is 0 Å². The molecule has 0 amide bonds. The number of aromatic nitrogens is 1. The smallest absolute Gasteiger partial charge is 0.311 e. The Morgan fingerprint density at radius 3 is 3.10 bits per heavy atom. The van der Waals surface area contributed by atoms with Gasteiger partial charge in [-0.1, -0.05) is 18.5 Å². The lowest BCUT2D eigenvalue weighted by Gasteiger charge is -2.33. The van der Waals surface area contributed by atoms with Gasteiger partial charge in [0.2, 0.25) is 5.82 Å². The van der Waals surface area contributed by atoms with Crippen LogP contribution in [0.4, 0.5) is 11.5 Å². The van der Waals surface area contributed by atoms with Crippen molar-refractivity contribution >= 4 is 23.1 Å². The van der Waals surface area contributed by atoms with Crippen molar-refractivity contribution in [3.63, 3.8) is 0 Å². The van der Waals surface area contributed by atoms with E-state index in [1.54, 1.807) is 0 Å². The minimum absolute atomic E-state index is 0.00876. The van der Waals surface area contributed by atoms with Gasteiger partial charge in [0.25, 0.3) is 0 Å². The highest BCUT2D eigenvalue weighted by Gasteiger charge is 2.27. The van der Waals surface area contributed by atoms with Gasteiger partial charge in [0.15, 0.2) is 0 Å². The SMILES string of the molecule is CCCOC1CCCN(c2nc(Cl)ccc2[N+](=O)[O-])C1. The van der Waals surface area contributed by atoms with Gasteiger partial charge in [-0.25, -0.2) is 4.98 Å². The van der Waals surface area contributed by atoms with E-state index in [9.17, 15) is 10.1 Å². The number of ether oxygens (including phenoxy) is 1. The molecule has 1 saturated heterocycles. The summed E-state index contributed by atoms with van der Waals surface area (Å²) in [7, 11) is 0. The Balaban J connectivity index is 2.17. The maximum absolute atomic E-state index is 11.1. The van der Waals surface area contributed by atoms with Crippen LogP contribution in [-0.4, -0.2) is 35.7 Å². The molecule has 20 heavy (non-hydrogen) atoms. The van der Waals surface area contributed by atoms with Crippen molar-refractivity contribution in [2.45, 2.75) is 32.3 Å². The first-order valence-corrected chi connectivity index (χ1v) is 7.17. The lowest BCUT2D eigenvalue weighted by Crippen LogP contribution is -2.40. The number of rotatable bonds is 5. The molecule has 0 radical (unpaired) electrons. The second kappa shape index (κ2) is 6.85. The normalized spacial score (nSPS) is 19.1. The third-order valence-corrected chi connectivity index (χ3v) is 3.46. The van der Waals surface area contributed by atoms with Crippen LogP contribution >= 0.6 is 11.6 Å². The van der Waals surface area contributed by atoms with Crippen LogP contribution in [0.15, 0.2) is 12.1 Å². The summed E-state index contributed by atoms with van der Waals surface area (Å²) in [6.07, 6.45) is 2.97. The number of hydrogen-bond acceptors (Lipinski definition) is 5. The second-order valence-electron chi connectivity index (χ2n) is 4.81. The number of pyridine rings is 1.